The number of hydrogen-bond acceptors (Lipinski definition) is 5. The lowest BCUT2D eigenvalue weighted by molar-refractivity contribution is 0.0203. The van der Waals surface area contributed by atoms with E-state index < -0.39 is 0 Å². The van der Waals surface area contributed by atoms with E-state index in [1.54, 1.807) is 14.2 Å². The molecule has 1 unspecified atom stereocenters. The molecule has 1 aromatic carbocycles. The number of methoxy groups -OCH3 is 1. The second-order valence-electron chi connectivity index (χ2n) is 6.97. The Morgan fingerprint density at radius 1 is 1.24 bits per heavy atom. The van der Waals surface area contributed by atoms with Crippen molar-refractivity contribution in [3.05, 3.63) is 24.3 Å². The number of halogens is 1. The highest BCUT2D eigenvalue weighted by Crippen LogP contribution is 2.19. The third-order valence-corrected chi connectivity index (χ3v) is 4.61. The second-order valence-corrected chi connectivity index (χ2v) is 6.97. The Balaban J connectivity index is 0.00000420. The second kappa shape index (κ2) is 15.6. The summed E-state index contributed by atoms with van der Waals surface area (Å²) in [7, 11) is 3.42. The maximum atomic E-state index is 5.91. The van der Waals surface area contributed by atoms with Crippen molar-refractivity contribution in [3.8, 4) is 11.5 Å². The van der Waals surface area contributed by atoms with E-state index in [4.69, 9.17) is 18.9 Å². The van der Waals surface area contributed by atoms with Crippen LogP contribution in [0.4, 0.5) is 0 Å². The minimum Gasteiger partial charge on any atom is -0.497 e. The molecule has 0 radical (unpaired) electrons. The van der Waals surface area contributed by atoms with Gasteiger partial charge in [-0.05, 0) is 44.2 Å². The average molecular weight is 521 g/mol. The van der Waals surface area contributed by atoms with Gasteiger partial charge in [0, 0.05) is 46.1 Å². The molecule has 1 atom stereocenters. The Bertz CT molecular complexity index is 583. The summed E-state index contributed by atoms with van der Waals surface area (Å²) in [5.74, 6) is 3.00. The summed E-state index contributed by atoms with van der Waals surface area (Å²) in [5.41, 5.74) is 0. The highest BCUT2D eigenvalue weighted by Gasteiger charge is 2.13. The van der Waals surface area contributed by atoms with Crippen molar-refractivity contribution in [3.63, 3.8) is 0 Å². The van der Waals surface area contributed by atoms with Crippen LogP contribution in [0.3, 0.4) is 0 Å². The molecular formula is C21H36IN3O4. The molecule has 0 saturated carbocycles. The van der Waals surface area contributed by atoms with Gasteiger partial charge in [0.15, 0.2) is 5.96 Å². The van der Waals surface area contributed by atoms with E-state index in [1.807, 2.05) is 31.2 Å². The number of nitrogens with one attached hydrogen (secondary N) is 2. The number of rotatable bonds is 11. The Kier molecular flexibility index (Phi) is 13.8. The van der Waals surface area contributed by atoms with Gasteiger partial charge in [-0.25, -0.2) is 0 Å². The fraction of sp³-hybridized carbons (Fsp3) is 0.667. The molecule has 8 heteroatoms. The molecule has 1 fully saturated rings. The largest absolute Gasteiger partial charge is 0.497 e. The summed E-state index contributed by atoms with van der Waals surface area (Å²) >= 11 is 0. The highest BCUT2D eigenvalue weighted by atomic mass is 127. The number of ether oxygens (including phenoxy) is 4. The highest BCUT2D eigenvalue weighted by molar-refractivity contribution is 14.0. The van der Waals surface area contributed by atoms with Gasteiger partial charge >= 0.3 is 0 Å². The minimum atomic E-state index is -0.00605. The monoisotopic (exact) mass is 521 g/mol. The maximum Gasteiger partial charge on any atom is 0.191 e. The zero-order valence-corrected chi connectivity index (χ0v) is 20.1. The van der Waals surface area contributed by atoms with Gasteiger partial charge in [0.05, 0.1) is 13.7 Å². The minimum absolute atomic E-state index is 0. The Morgan fingerprint density at radius 3 is 2.72 bits per heavy atom. The molecule has 1 heterocycles. The molecule has 0 aliphatic carbocycles. The van der Waals surface area contributed by atoms with Crippen LogP contribution >= 0.6 is 24.0 Å². The van der Waals surface area contributed by atoms with Crippen LogP contribution in [0.15, 0.2) is 29.3 Å². The average Bonchev–Trinajstić information content (AvgIpc) is 2.73. The van der Waals surface area contributed by atoms with Crippen LogP contribution in [0.1, 0.15) is 26.2 Å². The molecule has 2 N–H and O–H groups in total. The van der Waals surface area contributed by atoms with Crippen LogP contribution in [-0.2, 0) is 9.47 Å². The molecule has 29 heavy (non-hydrogen) atoms. The normalized spacial score (nSPS) is 15.9. The molecule has 1 aliphatic rings. The topological polar surface area (TPSA) is 73.3 Å². The van der Waals surface area contributed by atoms with Crippen molar-refractivity contribution in [2.24, 2.45) is 10.9 Å². The van der Waals surface area contributed by atoms with E-state index in [9.17, 15) is 0 Å². The summed E-state index contributed by atoms with van der Waals surface area (Å²) in [5, 5.41) is 6.60. The molecule has 0 aromatic heterocycles. The van der Waals surface area contributed by atoms with Gasteiger partial charge in [-0.2, -0.15) is 0 Å². The number of aliphatic imine (C=N–C) groups is 1. The maximum absolute atomic E-state index is 5.91. The molecule has 1 aliphatic heterocycles. The lowest BCUT2D eigenvalue weighted by Gasteiger charge is -2.21. The van der Waals surface area contributed by atoms with Crippen molar-refractivity contribution in [1.29, 1.82) is 0 Å². The van der Waals surface area contributed by atoms with Crippen LogP contribution < -0.4 is 20.1 Å². The van der Waals surface area contributed by atoms with Crippen molar-refractivity contribution in [2.75, 3.05) is 53.7 Å². The van der Waals surface area contributed by atoms with Gasteiger partial charge in [-0.3, -0.25) is 4.99 Å². The molecule has 7 nitrogen and oxygen atoms in total. The standard InChI is InChI=1S/C21H35N3O4.HI/c1-17(28-20-7-4-6-19(14-20)25-3)15-24-21(22-2)23-10-5-11-27-16-18-8-12-26-13-9-18;/h4,6-7,14,17-18H,5,8-13,15-16H2,1-3H3,(H2,22,23,24);1H. The van der Waals surface area contributed by atoms with E-state index >= 15 is 0 Å². The first-order valence-electron chi connectivity index (χ1n) is 10.1. The van der Waals surface area contributed by atoms with Gasteiger partial charge < -0.3 is 29.6 Å². The Morgan fingerprint density at radius 2 is 2.00 bits per heavy atom. The lowest BCUT2D eigenvalue weighted by Crippen LogP contribution is -2.42. The van der Waals surface area contributed by atoms with Gasteiger partial charge in [0.1, 0.15) is 17.6 Å². The summed E-state index contributed by atoms with van der Waals surface area (Å²) in [6.07, 6.45) is 3.17. The van der Waals surface area contributed by atoms with Crippen molar-refractivity contribution in [2.45, 2.75) is 32.3 Å². The summed E-state index contributed by atoms with van der Waals surface area (Å²) in [6.45, 7) is 6.83. The molecule has 0 bridgehead atoms. The molecule has 2 rings (SSSR count). The van der Waals surface area contributed by atoms with Crippen molar-refractivity contribution in [1.82, 2.24) is 10.6 Å². The van der Waals surface area contributed by atoms with Gasteiger partial charge in [-0.1, -0.05) is 6.07 Å². The van der Waals surface area contributed by atoms with E-state index in [0.29, 0.717) is 12.5 Å². The smallest absolute Gasteiger partial charge is 0.191 e. The van der Waals surface area contributed by atoms with E-state index in [1.165, 1.54) is 0 Å². The Hall–Kier alpha value is -1.26. The first kappa shape index (κ1) is 25.8. The lowest BCUT2D eigenvalue weighted by atomic mass is 10.0. The van der Waals surface area contributed by atoms with E-state index in [2.05, 4.69) is 15.6 Å². The molecule has 1 saturated heterocycles. The SMILES string of the molecule is CN=C(NCCCOCC1CCOCC1)NCC(C)Oc1cccc(OC)c1.I. The number of hydrogen-bond donors (Lipinski definition) is 2. The van der Waals surface area contributed by atoms with E-state index in [-0.39, 0.29) is 30.1 Å². The quantitative estimate of drug-likeness (QED) is 0.202. The third kappa shape index (κ3) is 10.9. The molecule has 1 aromatic rings. The molecule has 166 valence electrons. The first-order chi connectivity index (χ1) is 13.7. The van der Waals surface area contributed by atoms with Crippen LogP contribution in [0.5, 0.6) is 11.5 Å². The molecule has 0 amide bonds. The van der Waals surface area contributed by atoms with E-state index in [0.717, 1.165) is 69.7 Å². The van der Waals surface area contributed by atoms with Crippen LogP contribution in [-0.4, -0.2) is 65.7 Å². The molecular weight excluding hydrogens is 485 g/mol. The fourth-order valence-electron chi connectivity index (χ4n) is 2.95. The number of benzene rings is 1. The first-order valence-corrected chi connectivity index (χ1v) is 10.1. The number of guanidine groups is 1. The zero-order chi connectivity index (χ0) is 20.0. The van der Waals surface area contributed by atoms with Gasteiger partial charge in [-0.15, -0.1) is 24.0 Å². The van der Waals surface area contributed by atoms with Crippen LogP contribution in [0.25, 0.3) is 0 Å². The van der Waals surface area contributed by atoms with Crippen LogP contribution in [0.2, 0.25) is 0 Å². The summed E-state index contributed by atoms with van der Waals surface area (Å²) in [6, 6.07) is 7.62. The third-order valence-electron chi connectivity index (χ3n) is 4.61. The predicted octanol–water partition coefficient (Wildman–Crippen LogP) is 3.08. The van der Waals surface area contributed by atoms with Crippen LogP contribution in [0, 0.1) is 5.92 Å². The summed E-state index contributed by atoms with van der Waals surface area (Å²) < 4.78 is 22.3. The summed E-state index contributed by atoms with van der Waals surface area (Å²) in [4.78, 5) is 4.25. The van der Waals surface area contributed by atoms with Crippen molar-refractivity contribution >= 4 is 29.9 Å². The zero-order valence-electron chi connectivity index (χ0n) is 17.8. The van der Waals surface area contributed by atoms with Gasteiger partial charge in [0.2, 0.25) is 0 Å². The van der Waals surface area contributed by atoms with Crippen molar-refractivity contribution < 1.29 is 18.9 Å². The fourth-order valence-corrected chi connectivity index (χ4v) is 2.95. The van der Waals surface area contributed by atoms with Gasteiger partial charge in [0.25, 0.3) is 0 Å². The predicted molar refractivity (Wildman–Crippen MR) is 127 cm³/mol. The Labute approximate surface area is 191 Å². The number of nitrogens with zero attached hydrogens (tertiary/aromatic N) is 1. The molecule has 0 spiro atoms.